The van der Waals surface area contributed by atoms with Gasteiger partial charge in [-0.2, -0.15) is 0 Å². The van der Waals surface area contributed by atoms with E-state index in [4.69, 9.17) is 0 Å². The molecule has 0 radical (unpaired) electrons. The van der Waals surface area contributed by atoms with Crippen LogP contribution in [0.2, 0.25) is 0 Å². The number of para-hydroxylation sites is 3. The summed E-state index contributed by atoms with van der Waals surface area (Å²) in [6.45, 7) is 1.82. The van der Waals surface area contributed by atoms with E-state index in [1.807, 2.05) is 61.5 Å². The average molecular weight is 524 g/mol. The minimum absolute atomic E-state index is 0.178. The van der Waals surface area contributed by atoms with Crippen molar-refractivity contribution in [1.29, 1.82) is 0 Å². The van der Waals surface area contributed by atoms with Crippen molar-refractivity contribution in [3.8, 4) is 0 Å². The molecule has 0 saturated heterocycles. The van der Waals surface area contributed by atoms with Crippen LogP contribution >= 0.6 is 0 Å². The van der Waals surface area contributed by atoms with Crippen LogP contribution in [0.4, 0.5) is 17.1 Å². The summed E-state index contributed by atoms with van der Waals surface area (Å²) in [6.07, 6.45) is 5.14. The van der Waals surface area contributed by atoms with E-state index in [2.05, 4.69) is 64.2 Å². The molecule has 1 aliphatic carbocycles. The SMILES string of the molecule is C1=C(Nc2ccccc2)CC(Nc2ccccc2)=CC1=[NH+]c1ccccc1.Cc1ccc(S(=O)(=O)[O-])cc1. The first-order valence-corrected chi connectivity index (χ1v) is 13.5. The third-order valence-corrected chi connectivity index (χ3v) is 6.42. The normalized spacial score (nSPS) is 12.8. The van der Waals surface area contributed by atoms with Gasteiger partial charge in [-0.3, -0.25) is 0 Å². The molecular formula is C31H29N3O3S. The summed E-state index contributed by atoms with van der Waals surface area (Å²) in [5.74, 6) is 0. The number of benzene rings is 4. The van der Waals surface area contributed by atoms with Gasteiger partial charge in [0.25, 0.3) is 0 Å². The summed E-state index contributed by atoms with van der Waals surface area (Å²) in [5, 5.41) is 7.06. The molecular weight excluding hydrogens is 494 g/mol. The van der Waals surface area contributed by atoms with Crippen molar-refractivity contribution in [2.75, 3.05) is 10.6 Å². The molecule has 3 N–H and O–H groups in total. The zero-order valence-electron chi connectivity index (χ0n) is 21.0. The summed E-state index contributed by atoms with van der Waals surface area (Å²) in [5.41, 5.74) is 7.50. The lowest BCUT2D eigenvalue weighted by Crippen LogP contribution is -2.65. The number of hydrogen-bond donors (Lipinski definition) is 3. The van der Waals surface area contributed by atoms with Crippen LogP contribution in [-0.2, 0) is 10.1 Å². The van der Waals surface area contributed by atoms with Crippen LogP contribution in [-0.4, -0.2) is 18.7 Å². The van der Waals surface area contributed by atoms with Crippen molar-refractivity contribution >= 4 is 32.9 Å². The second-order valence-corrected chi connectivity index (χ2v) is 10.1. The summed E-state index contributed by atoms with van der Waals surface area (Å²) in [6, 6.07) is 36.5. The molecule has 1 aliphatic rings. The third kappa shape index (κ3) is 8.30. The minimum Gasteiger partial charge on any atom is -0.744 e. The Morgan fingerprint density at radius 1 is 0.658 bits per heavy atom. The highest BCUT2D eigenvalue weighted by Gasteiger charge is 2.15. The van der Waals surface area contributed by atoms with Crippen LogP contribution in [0.15, 0.2) is 144 Å². The molecule has 0 amide bonds. The molecule has 192 valence electrons. The van der Waals surface area contributed by atoms with E-state index in [0.717, 1.165) is 46.2 Å². The van der Waals surface area contributed by atoms with Gasteiger partial charge >= 0.3 is 0 Å². The number of nitrogens with one attached hydrogen (secondary N) is 3. The second-order valence-electron chi connectivity index (χ2n) is 8.71. The number of anilines is 2. The molecule has 0 aliphatic heterocycles. The first kappa shape index (κ1) is 26.6. The maximum absolute atomic E-state index is 10.4. The fourth-order valence-corrected chi connectivity index (χ4v) is 4.23. The van der Waals surface area contributed by atoms with Crippen molar-refractivity contribution < 1.29 is 18.0 Å². The zero-order chi connectivity index (χ0) is 26.8. The molecule has 38 heavy (non-hydrogen) atoms. The fraction of sp³-hybridized carbons (Fsp3) is 0.0645. The van der Waals surface area contributed by atoms with E-state index in [1.165, 1.54) is 12.1 Å². The topological polar surface area (TPSA) is 95.2 Å². The predicted molar refractivity (Wildman–Crippen MR) is 152 cm³/mol. The van der Waals surface area contributed by atoms with Crippen LogP contribution in [0.25, 0.3) is 0 Å². The number of hydrogen-bond acceptors (Lipinski definition) is 5. The Morgan fingerprint density at radius 3 is 1.55 bits per heavy atom. The zero-order valence-corrected chi connectivity index (χ0v) is 21.8. The molecule has 0 atom stereocenters. The molecule has 0 unspecified atom stereocenters. The van der Waals surface area contributed by atoms with E-state index in [9.17, 15) is 13.0 Å². The summed E-state index contributed by atoms with van der Waals surface area (Å²) < 4.78 is 31.2. The van der Waals surface area contributed by atoms with Gasteiger partial charge in [0.15, 0.2) is 0 Å². The van der Waals surface area contributed by atoms with E-state index in [-0.39, 0.29) is 4.90 Å². The van der Waals surface area contributed by atoms with Crippen LogP contribution in [0.5, 0.6) is 0 Å². The maximum Gasteiger partial charge on any atom is 0.207 e. The first-order chi connectivity index (χ1) is 18.3. The van der Waals surface area contributed by atoms with E-state index in [0.29, 0.717) is 0 Å². The van der Waals surface area contributed by atoms with Gasteiger partial charge in [0.2, 0.25) is 11.4 Å². The van der Waals surface area contributed by atoms with Gasteiger partial charge in [-0.15, -0.1) is 0 Å². The summed E-state index contributed by atoms with van der Waals surface area (Å²) in [7, 11) is -4.27. The Hall–Kier alpha value is -4.46. The number of aryl methyl sites for hydroxylation is 1. The molecule has 4 aromatic carbocycles. The Labute approximate surface area is 223 Å². The van der Waals surface area contributed by atoms with Gasteiger partial charge in [0, 0.05) is 53.5 Å². The predicted octanol–water partition coefficient (Wildman–Crippen LogP) is 5.13. The van der Waals surface area contributed by atoms with Crippen LogP contribution < -0.4 is 15.6 Å². The largest absolute Gasteiger partial charge is 0.744 e. The Bertz CT molecular complexity index is 1470. The lowest BCUT2D eigenvalue weighted by Gasteiger charge is -2.18. The maximum atomic E-state index is 10.4. The van der Waals surface area contributed by atoms with Crippen molar-refractivity contribution in [1.82, 2.24) is 0 Å². The third-order valence-electron chi connectivity index (χ3n) is 5.57. The van der Waals surface area contributed by atoms with E-state index >= 15 is 0 Å². The van der Waals surface area contributed by atoms with Crippen molar-refractivity contribution in [3.05, 3.63) is 144 Å². The fourth-order valence-electron chi connectivity index (χ4n) is 3.76. The Balaban J connectivity index is 0.000000257. The highest BCUT2D eigenvalue weighted by atomic mass is 32.2. The van der Waals surface area contributed by atoms with Gasteiger partial charge in [-0.25, -0.2) is 13.4 Å². The molecule has 0 bridgehead atoms. The molecule has 0 aromatic heterocycles. The molecule has 0 saturated carbocycles. The smallest absolute Gasteiger partial charge is 0.207 e. The van der Waals surface area contributed by atoms with Crippen LogP contribution in [0.3, 0.4) is 0 Å². The number of allylic oxidation sites excluding steroid dienone is 2. The van der Waals surface area contributed by atoms with Gasteiger partial charge in [0.1, 0.15) is 10.1 Å². The lowest BCUT2D eigenvalue weighted by atomic mass is 10.1. The molecule has 6 nitrogen and oxygen atoms in total. The minimum atomic E-state index is -4.27. The average Bonchev–Trinajstić information content (AvgIpc) is 2.90. The second kappa shape index (κ2) is 12.7. The molecule has 5 rings (SSSR count). The van der Waals surface area contributed by atoms with Crippen LogP contribution in [0.1, 0.15) is 12.0 Å². The van der Waals surface area contributed by atoms with E-state index < -0.39 is 10.1 Å². The highest BCUT2D eigenvalue weighted by molar-refractivity contribution is 7.85. The molecule has 4 aromatic rings. The molecule has 0 fully saturated rings. The van der Waals surface area contributed by atoms with Crippen molar-refractivity contribution in [2.24, 2.45) is 0 Å². The van der Waals surface area contributed by atoms with Crippen molar-refractivity contribution in [3.63, 3.8) is 0 Å². The Morgan fingerprint density at radius 2 is 1.11 bits per heavy atom. The molecule has 7 heteroatoms. The van der Waals surface area contributed by atoms with Gasteiger partial charge in [0.05, 0.1) is 4.90 Å². The van der Waals surface area contributed by atoms with Gasteiger partial charge < -0.3 is 15.2 Å². The monoisotopic (exact) mass is 523 g/mol. The Kier molecular flexibility index (Phi) is 8.87. The number of rotatable bonds is 6. The van der Waals surface area contributed by atoms with Gasteiger partial charge in [-0.1, -0.05) is 72.3 Å². The summed E-state index contributed by atoms with van der Waals surface area (Å²) >= 11 is 0. The van der Waals surface area contributed by atoms with E-state index in [1.54, 1.807) is 12.1 Å². The van der Waals surface area contributed by atoms with Crippen molar-refractivity contribution in [2.45, 2.75) is 18.2 Å². The molecule has 0 spiro atoms. The highest BCUT2D eigenvalue weighted by Crippen LogP contribution is 2.21. The lowest BCUT2D eigenvalue weighted by molar-refractivity contribution is -0.351. The van der Waals surface area contributed by atoms with Gasteiger partial charge in [-0.05, 0) is 43.3 Å². The molecule has 0 heterocycles. The van der Waals surface area contributed by atoms with Crippen LogP contribution in [0, 0.1) is 6.92 Å². The summed E-state index contributed by atoms with van der Waals surface area (Å²) in [4.78, 5) is 3.32. The standard InChI is InChI=1S/C24H21N3.C7H8O3S/c1-4-10-19(11-5-1)25-22-16-23(26-20-12-6-2-7-13-20)18-24(17-22)27-21-14-8-3-9-15-21;1-6-2-4-7(5-3-6)11(8,9)10/h1-17,26-27H,18H2;2-5H,1H3,(H,8,9,10). The quantitative estimate of drug-likeness (QED) is 0.305. The first-order valence-electron chi connectivity index (χ1n) is 12.1.